The molecule has 4 aromatic heterocycles. The van der Waals surface area contributed by atoms with E-state index in [1.807, 2.05) is 18.3 Å². The van der Waals surface area contributed by atoms with E-state index < -0.39 is 0 Å². The molecule has 1 aliphatic carbocycles. The van der Waals surface area contributed by atoms with Crippen LogP contribution in [0.1, 0.15) is 23.3 Å². The van der Waals surface area contributed by atoms with Gasteiger partial charge in [0.2, 0.25) is 5.91 Å². The van der Waals surface area contributed by atoms with E-state index in [1.165, 1.54) is 10.4 Å². The largest absolute Gasteiger partial charge is 0.493 e. The Hall–Kier alpha value is -3.24. The first-order valence-electron chi connectivity index (χ1n) is 11.6. The number of anilines is 2. The number of morpholine rings is 1. The third-order valence-corrected chi connectivity index (χ3v) is 8.51. The highest BCUT2D eigenvalue weighted by molar-refractivity contribution is 7.19. The standard InChI is InChI=1S/C24H24N6O3S/c1-32-19-10-30-14(4-5-27-30)8-18(19)28-22-21-17-3-2-13(6-20(17)34-23(21)26-12-25-22)24(31)29-9-16-7-15(29)11-33-16/h4-5,8,10,12-13,15-16H,2-3,6-7,9,11H2,1H3,(H,25,26,28)/t13-,15-,16-/m0/s1. The zero-order chi connectivity index (χ0) is 22.8. The minimum absolute atomic E-state index is 0.0358. The molecule has 2 aliphatic heterocycles. The highest BCUT2D eigenvalue weighted by Gasteiger charge is 2.43. The van der Waals surface area contributed by atoms with Gasteiger partial charge in [-0.1, -0.05) is 0 Å². The van der Waals surface area contributed by atoms with Crippen molar-refractivity contribution < 1.29 is 14.3 Å². The fourth-order valence-corrected chi connectivity index (χ4v) is 6.92. The van der Waals surface area contributed by atoms with Crippen LogP contribution < -0.4 is 10.1 Å². The summed E-state index contributed by atoms with van der Waals surface area (Å²) in [5.41, 5.74) is 3.05. The van der Waals surface area contributed by atoms with Crippen molar-refractivity contribution in [1.29, 1.82) is 0 Å². The average Bonchev–Trinajstić information content (AvgIpc) is 3.65. The topological polar surface area (TPSA) is 93.9 Å². The molecule has 0 unspecified atom stereocenters. The highest BCUT2D eigenvalue weighted by atomic mass is 32.1. The van der Waals surface area contributed by atoms with Crippen LogP contribution in [0.2, 0.25) is 0 Å². The smallest absolute Gasteiger partial charge is 0.226 e. The van der Waals surface area contributed by atoms with Crippen LogP contribution in [0, 0.1) is 5.92 Å². The Kier molecular flexibility index (Phi) is 4.53. The Morgan fingerprint density at radius 1 is 1.35 bits per heavy atom. The molecular weight excluding hydrogens is 452 g/mol. The van der Waals surface area contributed by atoms with E-state index in [9.17, 15) is 4.79 Å². The number of carbonyl (C=O) groups excluding carboxylic acids is 1. The first-order valence-corrected chi connectivity index (χ1v) is 12.5. The average molecular weight is 477 g/mol. The third-order valence-electron chi connectivity index (χ3n) is 7.35. The van der Waals surface area contributed by atoms with Crippen molar-refractivity contribution in [3.63, 3.8) is 0 Å². The molecule has 7 rings (SSSR count). The summed E-state index contributed by atoms with van der Waals surface area (Å²) < 4.78 is 13.1. The third kappa shape index (κ3) is 3.08. The number of ether oxygens (including phenoxy) is 2. The zero-order valence-electron chi connectivity index (χ0n) is 18.7. The van der Waals surface area contributed by atoms with Gasteiger partial charge in [0.25, 0.3) is 0 Å². The number of hydrogen-bond donors (Lipinski definition) is 1. The Morgan fingerprint density at radius 2 is 2.29 bits per heavy atom. The van der Waals surface area contributed by atoms with Crippen LogP contribution in [0.3, 0.4) is 0 Å². The van der Waals surface area contributed by atoms with E-state index in [0.29, 0.717) is 18.3 Å². The number of aryl methyl sites for hydroxylation is 1. The van der Waals surface area contributed by atoms with Crippen LogP contribution in [-0.2, 0) is 22.4 Å². The van der Waals surface area contributed by atoms with Crippen LogP contribution in [0.15, 0.2) is 30.9 Å². The lowest BCUT2D eigenvalue weighted by atomic mass is 9.86. The summed E-state index contributed by atoms with van der Waals surface area (Å²) in [7, 11) is 1.65. The molecule has 1 amide bonds. The van der Waals surface area contributed by atoms with Gasteiger partial charge >= 0.3 is 0 Å². The SMILES string of the molecule is COc1cn2nccc2cc1Nc1ncnc2sc3c(c12)CC[C@H](C(=O)N1C[C@@H]2C[C@H]1CO2)C3. The van der Waals surface area contributed by atoms with Crippen LogP contribution in [0.5, 0.6) is 5.75 Å². The van der Waals surface area contributed by atoms with Gasteiger partial charge in [0.05, 0.1) is 48.6 Å². The molecule has 1 N–H and O–H groups in total. The summed E-state index contributed by atoms with van der Waals surface area (Å²) >= 11 is 1.69. The molecule has 174 valence electrons. The number of pyridine rings is 1. The van der Waals surface area contributed by atoms with E-state index in [-0.39, 0.29) is 18.1 Å². The predicted molar refractivity (Wildman–Crippen MR) is 128 cm³/mol. The fourth-order valence-electron chi connectivity index (χ4n) is 5.65. The number of thiophene rings is 1. The highest BCUT2D eigenvalue weighted by Crippen LogP contribution is 2.42. The van der Waals surface area contributed by atoms with Gasteiger partial charge in [0.1, 0.15) is 17.0 Å². The molecule has 0 radical (unpaired) electrons. The lowest BCUT2D eigenvalue weighted by Gasteiger charge is -2.32. The van der Waals surface area contributed by atoms with Crippen LogP contribution >= 0.6 is 11.3 Å². The van der Waals surface area contributed by atoms with Crippen molar-refractivity contribution in [1.82, 2.24) is 24.5 Å². The first-order chi connectivity index (χ1) is 16.7. The van der Waals surface area contributed by atoms with Gasteiger partial charge in [-0.2, -0.15) is 5.10 Å². The minimum Gasteiger partial charge on any atom is -0.493 e. The molecule has 6 heterocycles. The summed E-state index contributed by atoms with van der Waals surface area (Å²) in [6, 6.07) is 4.22. The second kappa shape index (κ2) is 7.64. The quantitative estimate of drug-likeness (QED) is 0.483. The molecule has 9 nitrogen and oxygen atoms in total. The second-order valence-electron chi connectivity index (χ2n) is 9.26. The summed E-state index contributed by atoms with van der Waals surface area (Å²) in [5.74, 6) is 1.78. The monoisotopic (exact) mass is 476 g/mol. The molecule has 3 aliphatic rings. The van der Waals surface area contributed by atoms with Crippen molar-refractivity contribution in [2.24, 2.45) is 5.92 Å². The van der Waals surface area contributed by atoms with E-state index in [4.69, 9.17) is 9.47 Å². The molecule has 3 atom stereocenters. The van der Waals surface area contributed by atoms with Crippen molar-refractivity contribution in [2.45, 2.75) is 37.8 Å². The Balaban J connectivity index is 1.20. The minimum atomic E-state index is 0.0358. The molecule has 10 heteroatoms. The Morgan fingerprint density at radius 3 is 3.12 bits per heavy atom. The van der Waals surface area contributed by atoms with Gasteiger partial charge in [-0.05, 0) is 43.4 Å². The van der Waals surface area contributed by atoms with Gasteiger partial charge in [0, 0.05) is 23.5 Å². The van der Waals surface area contributed by atoms with Crippen molar-refractivity contribution in [2.75, 3.05) is 25.6 Å². The lowest BCUT2D eigenvalue weighted by Crippen LogP contribution is -2.45. The summed E-state index contributed by atoms with van der Waals surface area (Å²) in [5, 5.41) is 8.82. The number of rotatable bonds is 4. The number of methoxy groups -OCH3 is 1. The molecule has 0 aromatic carbocycles. The predicted octanol–water partition coefficient (Wildman–Crippen LogP) is 3.20. The van der Waals surface area contributed by atoms with Crippen molar-refractivity contribution >= 4 is 44.5 Å². The molecule has 2 saturated heterocycles. The number of aromatic nitrogens is 4. The number of hydrogen-bond acceptors (Lipinski definition) is 8. The van der Waals surface area contributed by atoms with E-state index in [0.717, 1.165) is 59.5 Å². The molecule has 2 bridgehead atoms. The zero-order valence-corrected chi connectivity index (χ0v) is 19.5. The van der Waals surface area contributed by atoms with Crippen LogP contribution in [0.25, 0.3) is 15.7 Å². The van der Waals surface area contributed by atoms with Gasteiger partial charge < -0.3 is 19.7 Å². The van der Waals surface area contributed by atoms with Gasteiger partial charge in [-0.25, -0.2) is 14.5 Å². The van der Waals surface area contributed by atoms with Crippen LogP contribution in [0.4, 0.5) is 11.5 Å². The Bertz CT molecular complexity index is 1430. The maximum atomic E-state index is 13.3. The maximum Gasteiger partial charge on any atom is 0.226 e. The summed E-state index contributed by atoms with van der Waals surface area (Å²) in [4.78, 5) is 26.7. The number of amides is 1. The van der Waals surface area contributed by atoms with Gasteiger partial charge in [0.15, 0.2) is 5.75 Å². The maximum absolute atomic E-state index is 13.3. The molecule has 2 fully saturated rings. The number of carbonyl (C=O) groups is 1. The van der Waals surface area contributed by atoms with Gasteiger partial charge in [-0.3, -0.25) is 4.79 Å². The van der Waals surface area contributed by atoms with E-state index >= 15 is 0 Å². The summed E-state index contributed by atoms with van der Waals surface area (Å²) in [6.45, 7) is 1.44. The molecule has 4 aromatic rings. The van der Waals surface area contributed by atoms with Gasteiger partial charge in [-0.15, -0.1) is 11.3 Å². The summed E-state index contributed by atoms with van der Waals surface area (Å²) in [6.07, 6.45) is 8.91. The molecule has 0 spiro atoms. The van der Waals surface area contributed by atoms with Crippen LogP contribution in [-0.4, -0.2) is 62.8 Å². The van der Waals surface area contributed by atoms with E-state index in [2.05, 4.69) is 25.3 Å². The number of nitrogens with one attached hydrogen (secondary N) is 1. The second-order valence-corrected chi connectivity index (χ2v) is 10.3. The molecule has 34 heavy (non-hydrogen) atoms. The lowest BCUT2D eigenvalue weighted by molar-refractivity contribution is -0.140. The Labute approximate surface area is 199 Å². The normalized spacial score (nSPS) is 23.6. The molecular formula is C24H24N6O3S. The first kappa shape index (κ1) is 20.2. The van der Waals surface area contributed by atoms with Crippen molar-refractivity contribution in [3.05, 3.63) is 41.3 Å². The van der Waals surface area contributed by atoms with Crippen molar-refractivity contribution in [3.8, 4) is 5.75 Å². The fraction of sp³-hybridized carbons (Fsp3) is 0.417. The number of nitrogens with zero attached hydrogens (tertiary/aromatic N) is 5. The number of fused-ring (bicyclic) bond motifs is 6. The molecule has 0 saturated carbocycles. The van der Waals surface area contributed by atoms with E-state index in [1.54, 1.807) is 35.5 Å². The number of likely N-dealkylation sites (tertiary alicyclic amines) is 1.